The van der Waals surface area contributed by atoms with Gasteiger partial charge >= 0.3 is 0 Å². The Morgan fingerprint density at radius 2 is 2.00 bits per heavy atom. The number of piperidine rings is 1. The van der Waals surface area contributed by atoms with Crippen molar-refractivity contribution in [3.63, 3.8) is 0 Å². The summed E-state index contributed by atoms with van der Waals surface area (Å²) in [5.74, 6) is 0.179. The number of rotatable bonds is 3. The van der Waals surface area contributed by atoms with E-state index in [4.69, 9.17) is 0 Å². The van der Waals surface area contributed by atoms with E-state index in [9.17, 15) is 4.79 Å². The SMILES string of the molecule is CCCn1cc(Br)cc1C(=O)N1C(C)CCCC1C. The highest BCUT2D eigenvalue weighted by Crippen LogP contribution is 2.26. The van der Waals surface area contributed by atoms with Crippen LogP contribution in [-0.4, -0.2) is 27.5 Å². The normalized spacial score (nSPS) is 23.7. The summed E-state index contributed by atoms with van der Waals surface area (Å²) in [6, 6.07) is 2.64. The van der Waals surface area contributed by atoms with Crippen LogP contribution in [0.5, 0.6) is 0 Å². The van der Waals surface area contributed by atoms with Gasteiger partial charge in [-0.15, -0.1) is 0 Å². The Morgan fingerprint density at radius 1 is 1.37 bits per heavy atom. The van der Waals surface area contributed by atoms with Crippen LogP contribution >= 0.6 is 15.9 Å². The fourth-order valence-corrected chi connectivity index (χ4v) is 3.50. The highest BCUT2D eigenvalue weighted by Gasteiger charge is 2.31. The molecule has 2 rings (SSSR count). The molecule has 0 aliphatic carbocycles. The maximum Gasteiger partial charge on any atom is 0.270 e. The largest absolute Gasteiger partial charge is 0.342 e. The van der Waals surface area contributed by atoms with E-state index in [0.29, 0.717) is 12.1 Å². The fraction of sp³-hybridized carbons (Fsp3) is 0.667. The third kappa shape index (κ3) is 3.04. The molecule has 1 aromatic rings. The smallest absolute Gasteiger partial charge is 0.270 e. The molecule has 1 aliphatic rings. The molecule has 1 fully saturated rings. The second-order valence-electron chi connectivity index (χ2n) is 5.58. The Labute approximate surface area is 124 Å². The second kappa shape index (κ2) is 6.12. The van der Waals surface area contributed by atoms with E-state index in [-0.39, 0.29) is 5.91 Å². The molecule has 1 aliphatic heterocycles. The Hall–Kier alpha value is -0.770. The Bertz CT molecular complexity index is 445. The molecule has 0 spiro atoms. The minimum atomic E-state index is 0.179. The molecule has 2 atom stereocenters. The molecule has 106 valence electrons. The van der Waals surface area contributed by atoms with Crippen LogP contribution in [0.1, 0.15) is 56.9 Å². The van der Waals surface area contributed by atoms with Gasteiger partial charge in [-0.2, -0.15) is 0 Å². The predicted octanol–water partition coefficient (Wildman–Crippen LogP) is 4.06. The van der Waals surface area contributed by atoms with E-state index in [2.05, 4.69) is 46.2 Å². The maximum atomic E-state index is 12.8. The summed E-state index contributed by atoms with van der Waals surface area (Å²) in [7, 11) is 0. The van der Waals surface area contributed by atoms with Crippen molar-refractivity contribution in [3.05, 3.63) is 22.4 Å². The number of likely N-dealkylation sites (tertiary alicyclic amines) is 1. The number of aryl methyl sites for hydroxylation is 1. The summed E-state index contributed by atoms with van der Waals surface area (Å²) < 4.78 is 3.06. The number of hydrogen-bond acceptors (Lipinski definition) is 1. The molecular formula is C15H23BrN2O. The van der Waals surface area contributed by atoms with E-state index < -0.39 is 0 Å². The quantitative estimate of drug-likeness (QED) is 0.822. The van der Waals surface area contributed by atoms with Gasteiger partial charge in [0.2, 0.25) is 0 Å². The number of halogens is 1. The molecular weight excluding hydrogens is 304 g/mol. The highest BCUT2D eigenvalue weighted by molar-refractivity contribution is 9.10. The summed E-state index contributed by atoms with van der Waals surface area (Å²) in [5.41, 5.74) is 0.814. The molecule has 2 unspecified atom stereocenters. The van der Waals surface area contributed by atoms with Crippen molar-refractivity contribution in [3.8, 4) is 0 Å². The van der Waals surface area contributed by atoms with Gasteiger partial charge in [0.1, 0.15) is 5.69 Å². The van der Waals surface area contributed by atoms with E-state index in [1.807, 2.05) is 12.3 Å². The molecule has 4 heteroatoms. The van der Waals surface area contributed by atoms with Crippen molar-refractivity contribution in [2.24, 2.45) is 0 Å². The Morgan fingerprint density at radius 3 is 2.58 bits per heavy atom. The molecule has 1 amide bonds. The zero-order valence-corrected chi connectivity index (χ0v) is 13.6. The van der Waals surface area contributed by atoms with Crippen LogP contribution in [0.25, 0.3) is 0 Å². The fourth-order valence-electron chi connectivity index (χ4n) is 3.03. The Balaban J connectivity index is 2.27. The van der Waals surface area contributed by atoms with Gasteiger partial charge in [0.15, 0.2) is 0 Å². The van der Waals surface area contributed by atoms with E-state index in [1.165, 1.54) is 6.42 Å². The number of hydrogen-bond donors (Lipinski definition) is 0. The lowest BCUT2D eigenvalue weighted by Crippen LogP contribution is -2.48. The molecule has 0 aromatic carbocycles. The Kier molecular flexibility index (Phi) is 4.71. The van der Waals surface area contributed by atoms with Gasteiger partial charge in [-0.05, 0) is 61.5 Å². The third-order valence-electron chi connectivity index (χ3n) is 3.97. The molecule has 3 nitrogen and oxygen atoms in total. The average Bonchev–Trinajstić information content (AvgIpc) is 2.70. The van der Waals surface area contributed by atoms with Crippen molar-refractivity contribution < 1.29 is 4.79 Å². The van der Waals surface area contributed by atoms with Crippen LogP contribution in [-0.2, 0) is 6.54 Å². The first-order valence-corrected chi connectivity index (χ1v) is 8.02. The van der Waals surface area contributed by atoms with E-state index in [0.717, 1.165) is 36.0 Å². The minimum absolute atomic E-state index is 0.179. The molecule has 1 aromatic heterocycles. The van der Waals surface area contributed by atoms with Crippen LogP contribution in [0.3, 0.4) is 0 Å². The summed E-state index contributed by atoms with van der Waals surface area (Å²) >= 11 is 3.48. The molecule has 2 heterocycles. The zero-order valence-electron chi connectivity index (χ0n) is 12.0. The summed E-state index contributed by atoms with van der Waals surface area (Å²) in [4.78, 5) is 14.9. The number of carbonyl (C=O) groups is 1. The first kappa shape index (κ1) is 14.6. The van der Waals surface area contributed by atoms with Crippen molar-refractivity contribution in [2.75, 3.05) is 0 Å². The molecule has 0 radical (unpaired) electrons. The lowest BCUT2D eigenvalue weighted by molar-refractivity contribution is 0.0499. The predicted molar refractivity (Wildman–Crippen MR) is 81.4 cm³/mol. The first-order chi connectivity index (χ1) is 9.04. The topological polar surface area (TPSA) is 25.2 Å². The summed E-state index contributed by atoms with van der Waals surface area (Å²) in [6.07, 6.45) is 6.51. The average molecular weight is 327 g/mol. The lowest BCUT2D eigenvalue weighted by Gasteiger charge is -2.39. The van der Waals surface area contributed by atoms with Gasteiger partial charge in [-0.25, -0.2) is 0 Å². The van der Waals surface area contributed by atoms with Crippen molar-refractivity contribution in [1.82, 2.24) is 9.47 Å². The zero-order chi connectivity index (χ0) is 14.0. The van der Waals surface area contributed by atoms with Gasteiger partial charge in [-0.1, -0.05) is 6.92 Å². The van der Waals surface area contributed by atoms with Crippen LogP contribution < -0.4 is 0 Å². The van der Waals surface area contributed by atoms with E-state index in [1.54, 1.807) is 0 Å². The minimum Gasteiger partial charge on any atom is -0.342 e. The number of aromatic nitrogens is 1. The summed E-state index contributed by atoms with van der Waals surface area (Å²) in [5, 5.41) is 0. The number of carbonyl (C=O) groups excluding carboxylic acids is 1. The van der Waals surface area contributed by atoms with Crippen LogP contribution in [0.2, 0.25) is 0 Å². The van der Waals surface area contributed by atoms with Crippen molar-refractivity contribution >= 4 is 21.8 Å². The van der Waals surface area contributed by atoms with Crippen LogP contribution in [0.4, 0.5) is 0 Å². The monoisotopic (exact) mass is 326 g/mol. The maximum absolute atomic E-state index is 12.8. The van der Waals surface area contributed by atoms with Gasteiger partial charge in [0.05, 0.1) is 0 Å². The lowest BCUT2D eigenvalue weighted by atomic mass is 9.97. The highest BCUT2D eigenvalue weighted by atomic mass is 79.9. The van der Waals surface area contributed by atoms with Gasteiger partial charge in [0.25, 0.3) is 5.91 Å². The molecule has 0 saturated carbocycles. The first-order valence-electron chi connectivity index (χ1n) is 7.23. The van der Waals surface area contributed by atoms with Gasteiger partial charge in [0, 0.05) is 29.3 Å². The number of nitrogens with zero attached hydrogens (tertiary/aromatic N) is 2. The van der Waals surface area contributed by atoms with Crippen molar-refractivity contribution in [1.29, 1.82) is 0 Å². The van der Waals surface area contributed by atoms with Gasteiger partial charge < -0.3 is 9.47 Å². The number of amides is 1. The molecule has 19 heavy (non-hydrogen) atoms. The van der Waals surface area contributed by atoms with Crippen molar-refractivity contribution in [2.45, 2.75) is 65.1 Å². The van der Waals surface area contributed by atoms with Crippen LogP contribution in [0, 0.1) is 0 Å². The van der Waals surface area contributed by atoms with Crippen LogP contribution in [0.15, 0.2) is 16.7 Å². The molecule has 0 N–H and O–H groups in total. The standard InChI is InChI=1S/C15H23BrN2O/c1-4-8-17-10-13(16)9-14(17)15(19)18-11(2)6-5-7-12(18)3/h9-12H,4-8H2,1-3H3. The molecule has 0 bridgehead atoms. The summed E-state index contributed by atoms with van der Waals surface area (Å²) in [6.45, 7) is 7.35. The van der Waals surface area contributed by atoms with E-state index >= 15 is 0 Å². The second-order valence-corrected chi connectivity index (χ2v) is 6.49. The molecule has 1 saturated heterocycles. The van der Waals surface area contributed by atoms with Gasteiger partial charge in [-0.3, -0.25) is 4.79 Å². The third-order valence-corrected chi connectivity index (χ3v) is 4.41.